The third-order valence-electron chi connectivity index (χ3n) is 5.46. The smallest absolute Gasteiger partial charge is 0.231 e. The minimum atomic E-state index is -0.0629. The third kappa shape index (κ3) is 3.84. The van der Waals surface area contributed by atoms with Crippen LogP contribution in [0.2, 0.25) is 0 Å². The maximum absolute atomic E-state index is 12.6. The summed E-state index contributed by atoms with van der Waals surface area (Å²) in [5, 5.41) is 7.22. The number of ether oxygens (including phenoxy) is 1. The van der Waals surface area contributed by atoms with E-state index < -0.39 is 0 Å². The molecule has 2 fully saturated rings. The van der Waals surface area contributed by atoms with E-state index in [0.717, 1.165) is 43.5 Å². The van der Waals surface area contributed by atoms with Gasteiger partial charge in [-0.2, -0.15) is 5.10 Å². The van der Waals surface area contributed by atoms with Crippen LogP contribution in [-0.4, -0.2) is 65.0 Å². The summed E-state index contributed by atoms with van der Waals surface area (Å²) in [4.78, 5) is 25.5. The summed E-state index contributed by atoms with van der Waals surface area (Å²) in [5.41, 5.74) is 1.97. The minimum absolute atomic E-state index is 0.0340. The van der Waals surface area contributed by atoms with Crippen molar-refractivity contribution in [3.63, 3.8) is 0 Å². The van der Waals surface area contributed by atoms with E-state index >= 15 is 0 Å². The monoisotopic (exact) mass is 405 g/mol. The molecule has 0 bridgehead atoms. The van der Waals surface area contributed by atoms with Crippen LogP contribution < -0.4 is 15.1 Å². The highest BCUT2D eigenvalue weighted by atomic mass is 16.5. The Morgan fingerprint density at radius 3 is 2.53 bits per heavy atom. The summed E-state index contributed by atoms with van der Waals surface area (Å²) in [6.07, 6.45) is 5.07. The molecule has 2 saturated heterocycles. The molecule has 1 N–H and O–H groups in total. The van der Waals surface area contributed by atoms with Gasteiger partial charge in [-0.1, -0.05) is 0 Å². The van der Waals surface area contributed by atoms with Gasteiger partial charge >= 0.3 is 0 Å². The molecular weight excluding hydrogens is 382 g/mol. The Labute approximate surface area is 174 Å². The Morgan fingerprint density at radius 1 is 1.03 bits per heavy atom. The Morgan fingerprint density at radius 2 is 1.80 bits per heavy atom. The molecule has 9 nitrogen and oxygen atoms in total. The largest absolute Gasteiger partial charge is 0.378 e. The van der Waals surface area contributed by atoms with E-state index in [4.69, 9.17) is 4.74 Å². The van der Waals surface area contributed by atoms with E-state index in [9.17, 15) is 4.79 Å². The van der Waals surface area contributed by atoms with Gasteiger partial charge in [-0.25, -0.2) is 14.6 Å². The number of amides is 1. The van der Waals surface area contributed by atoms with Crippen LogP contribution in [0.25, 0.3) is 5.82 Å². The van der Waals surface area contributed by atoms with Crippen LogP contribution in [0.4, 0.5) is 17.2 Å². The van der Waals surface area contributed by atoms with Gasteiger partial charge in [0.1, 0.15) is 12.1 Å². The van der Waals surface area contributed by atoms with Crippen LogP contribution >= 0.6 is 0 Å². The molecular formula is C21H23N7O2. The average molecular weight is 405 g/mol. The zero-order valence-electron chi connectivity index (χ0n) is 16.5. The molecule has 3 aromatic rings. The van der Waals surface area contributed by atoms with E-state index in [1.54, 1.807) is 10.9 Å². The van der Waals surface area contributed by atoms with Gasteiger partial charge in [0.15, 0.2) is 5.82 Å². The molecule has 154 valence electrons. The maximum Gasteiger partial charge on any atom is 0.231 e. The molecule has 30 heavy (non-hydrogen) atoms. The zero-order chi connectivity index (χ0) is 20.3. The van der Waals surface area contributed by atoms with Gasteiger partial charge in [0, 0.05) is 56.0 Å². The second-order valence-electron chi connectivity index (χ2n) is 7.42. The molecule has 0 atom stereocenters. The number of carbonyl (C=O) groups excluding carboxylic acids is 1. The molecule has 2 aliphatic heterocycles. The SMILES string of the molecule is O=C(Nc1ccc(N2CCOCC2)cc1)C1CN(c2cc(-n3cccn3)ncn2)C1. The van der Waals surface area contributed by atoms with Crippen molar-refractivity contribution >= 4 is 23.1 Å². The van der Waals surface area contributed by atoms with Crippen molar-refractivity contribution in [2.75, 3.05) is 54.5 Å². The van der Waals surface area contributed by atoms with E-state index in [2.05, 4.69) is 30.2 Å². The van der Waals surface area contributed by atoms with Crippen molar-refractivity contribution in [1.82, 2.24) is 19.7 Å². The van der Waals surface area contributed by atoms with Gasteiger partial charge in [0.2, 0.25) is 5.91 Å². The number of carbonyl (C=O) groups is 1. The van der Waals surface area contributed by atoms with Crippen LogP contribution in [0, 0.1) is 5.92 Å². The molecule has 5 rings (SSSR count). The van der Waals surface area contributed by atoms with Crippen molar-refractivity contribution in [3.8, 4) is 5.82 Å². The lowest BCUT2D eigenvalue weighted by Crippen LogP contribution is -2.52. The number of rotatable bonds is 5. The van der Waals surface area contributed by atoms with Crippen molar-refractivity contribution in [2.24, 2.45) is 5.92 Å². The highest BCUT2D eigenvalue weighted by molar-refractivity contribution is 5.94. The fourth-order valence-corrected chi connectivity index (χ4v) is 3.69. The van der Waals surface area contributed by atoms with Gasteiger partial charge in [0.25, 0.3) is 0 Å². The van der Waals surface area contributed by atoms with Gasteiger partial charge in [0.05, 0.1) is 19.1 Å². The Bertz CT molecular complexity index is 994. The van der Waals surface area contributed by atoms with Gasteiger partial charge in [-0.3, -0.25) is 4.79 Å². The number of nitrogens with one attached hydrogen (secondary N) is 1. The zero-order valence-corrected chi connectivity index (χ0v) is 16.5. The molecule has 0 spiro atoms. The first-order valence-corrected chi connectivity index (χ1v) is 10.1. The molecule has 4 heterocycles. The fraction of sp³-hybridized carbons (Fsp3) is 0.333. The minimum Gasteiger partial charge on any atom is -0.378 e. The molecule has 0 saturated carbocycles. The summed E-state index contributed by atoms with van der Waals surface area (Å²) in [6, 6.07) is 11.7. The molecule has 0 aliphatic carbocycles. The first-order valence-electron chi connectivity index (χ1n) is 10.1. The van der Waals surface area contributed by atoms with Gasteiger partial charge < -0.3 is 19.9 Å². The topological polar surface area (TPSA) is 88.4 Å². The van der Waals surface area contributed by atoms with Crippen molar-refractivity contribution in [2.45, 2.75) is 0 Å². The highest BCUT2D eigenvalue weighted by Gasteiger charge is 2.33. The number of hydrogen-bond acceptors (Lipinski definition) is 7. The predicted octanol–water partition coefficient (Wildman–Crippen LogP) is 1.57. The number of benzene rings is 1. The summed E-state index contributed by atoms with van der Waals surface area (Å²) >= 11 is 0. The molecule has 1 aromatic carbocycles. The molecule has 0 unspecified atom stereocenters. The molecule has 2 aromatic heterocycles. The Hall–Kier alpha value is -3.46. The van der Waals surface area contributed by atoms with Gasteiger partial charge in [-0.05, 0) is 30.3 Å². The summed E-state index contributed by atoms with van der Waals surface area (Å²) in [5.74, 6) is 1.48. The maximum atomic E-state index is 12.6. The summed E-state index contributed by atoms with van der Waals surface area (Å²) in [6.45, 7) is 4.57. The first kappa shape index (κ1) is 18.6. The van der Waals surface area contributed by atoms with Gasteiger partial charge in [-0.15, -0.1) is 0 Å². The van der Waals surface area contributed by atoms with Crippen molar-refractivity contribution in [3.05, 3.63) is 55.1 Å². The summed E-state index contributed by atoms with van der Waals surface area (Å²) < 4.78 is 7.08. The van der Waals surface area contributed by atoms with Crippen LogP contribution in [0.3, 0.4) is 0 Å². The van der Waals surface area contributed by atoms with Crippen LogP contribution in [-0.2, 0) is 9.53 Å². The van der Waals surface area contributed by atoms with E-state index in [-0.39, 0.29) is 11.8 Å². The van der Waals surface area contributed by atoms with Crippen LogP contribution in [0.15, 0.2) is 55.1 Å². The number of anilines is 3. The quantitative estimate of drug-likeness (QED) is 0.689. The predicted molar refractivity (Wildman–Crippen MR) is 113 cm³/mol. The average Bonchev–Trinajstić information content (AvgIpc) is 3.29. The van der Waals surface area contributed by atoms with Crippen molar-refractivity contribution < 1.29 is 9.53 Å². The lowest BCUT2D eigenvalue weighted by molar-refractivity contribution is -0.120. The molecule has 2 aliphatic rings. The second kappa shape index (κ2) is 8.11. The van der Waals surface area contributed by atoms with Crippen molar-refractivity contribution in [1.29, 1.82) is 0 Å². The lowest BCUT2D eigenvalue weighted by Gasteiger charge is -2.39. The number of nitrogens with zero attached hydrogens (tertiary/aromatic N) is 6. The Balaban J connectivity index is 1.16. The standard InChI is InChI=1S/C21H23N7O2/c29-21(25-17-2-4-18(5-3-17)26-8-10-30-11-9-26)16-13-27(14-16)19-12-20(23-15-22-19)28-7-1-6-24-28/h1-7,12,15-16H,8-11,13-14H2,(H,25,29). The summed E-state index contributed by atoms with van der Waals surface area (Å²) in [7, 11) is 0. The lowest BCUT2D eigenvalue weighted by atomic mass is 9.99. The highest BCUT2D eigenvalue weighted by Crippen LogP contribution is 2.25. The second-order valence-corrected chi connectivity index (χ2v) is 7.42. The van der Waals surface area contributed by atoms with Crippen LogP contribution in [0.5, 0.6) is 0 Å². The van der Waals surface area contributed by atoms with E-state index in [1.807, 2.05) is 42.6 Å². The Kier molecular flexibility index (Phi) is 5.02. The fourth-order valence-electron chi connectivity index (χ4n) is 3.69. The van der Waals surface area contributed by atoms with Crippen LogP contribution in [0.1, 0.15) is 0 Å². The molecule has 9 heteroatoms. The molecule has 1 amide bonds. The number of morpholine rings is 1. The normalized spacial score (nSPS) is 16.9. The first-order chi connectivity index (χ1) is 14.8. The number of aromatic nitrogens is 4. The van der Waals surface area contributed by atoms with E-state index in [1.165, 1.54) is 6.33 Å². The molecule has 0 radical (unpaired) electrons. The number of hydrogen-bond donors (Lipinski definition) is 1. The third-order valence-corrected chi connectivity index (χ3v) is 5.46. The van der Waals surface area contributed by atoms with E-state index in [0.29, 0.717) is 18.9 Å².